The first-order chi connectivity index (χ1) is 13.0. The molecule has 2 aromatic carbocycles. The molecule has 1 aromatic heterocycles. The van der Waals surface area contributed by atoms with Gasteiger partial charge in [-0.3, -0.25) is 9.59 Å². The Morgan fingerprint density at radius 2 is 1.96 bits per heavy atom. The summed E-state index contributed by atoms with van der Waals surface area (Å²) < 4.78 is 14.2. The summed E-state index contributed by atoms with van der Waals surface area (Å²) in [4.78, 5) is 23.5. The quantitative estimate of drug-likeness (QED) is 0.451. The molecule has 3 aromatic rings. The van der Waals surface area contributed by atoms with E-state index < -0.39 is 0 Å². The zero-order valence-corrected chi connectivity index (χ0v) is 15.9. The third-order valence-corrected chi connectivity index (χ3v) is 5.37. The van der Waals surface area contributed by atoms with E-state index in [4.69, 9.17) is 0 Å². The van der Waals surface area contributed by atoms with Crippen molar-refractivity contribution in [1.82, 2.24) is 10.2 Å². The van der Waals surface area contributed by atoms with Crippen LogP contribution in [0.3, 0.4) is 0 Å². The summed E-state index contributed by atoms with van der Waals surface area (Å²) in [5.74, 6) is -0.531. The number of carbonyl (C=O) groups is 2. The number of thioether (sulfide) groups is 1. The van der Waals surface area contributed by atoms with Gasteiger partial charge in [0.25, 0.3) is 0 Å². The number of carbonyl (C=O) groups excluding carboxylic acids is 2. The van der Waals surface area contributed by atoms with Crippen LogP contribution in [0.15, 0.2) is 52.9 Å². The first kappa shape index (κ1) is 19.0. The fourth-order valence-corrected chi connectivity index (χ4v) is 3.70. The van der Waals surface area contributed by atoms with Crippen LogP contribution in [0.2, 0.25) is 0 Å². The number of hydrogen-bond donors (Lipinski definition) is 2. The van der Waals surface area contributed by atoms with Crippen molar-refractivity contribution in [2.24, 2.45) is 0 Å². The van der Waals surface area contributed by atoms with Gasteiger partial charge >= 0.3 is 0 Å². The second-order valence-corrected chi connectivity index (χ2v) is 7.65. The first-order valence-corrected chi connectivity index (χ1v) is 9.70. The van der Waals surface area contributed by atoms with E-state index in [2.05, 4.69) is 20.8 Å². The lowest BCUT2D eigenvalue weighted by molar-refractivity contribution is -0.113. The SMILES string of the molecule is CC(=O)c1cccc(NC(=O)CSc2nnc(Nc3ccccc3F)s2)c1. The molecule has 2 N–H and O–H groups in total. The summed E-state index contributed by atoms with van der Waals surface area (Å²) >= 11 is 2.46. The van der Waals surface area contributed by atoms with Crippen LogP contribution in [-0.2, 0) is 4.79 Å². The number of ketones is 1. The van der Waals surface area contributed by atoms with Gasteiger partial charge < -0.3 is 10.6 Å². The van der Waals surface area contributed by atoms with Crippen LogP contribution >= 0.6 is 23.1 Å². The average molecular weight is 402 g/mol. The van der Waals surface area contributed by atoms with Gasteiger partial charge in [0, 0.05) is 11.3 Å². The standard InChI is InChI=1S/C18H15FN4O2S2/c1-11(24)12-5-4-6-13(9-12)20-16(25)10-26-18-23-22-17(27-18)21-15-8-3-2-7-14(15)19/h2-9H,10H2,1H3,(H,20,25)(H,21,22). The maximum absolute atomic E-state index is 13.6. The summed E-state index contributed by atoms with van der Waals surface area (Å²) in [6.07, 6.45) is 0. The van der Waals surface area contributed by atoms with E-state index in [1.807, 2.05) is 0 Å². The Balaban J connectivity index is 1.54. The minimum absolute atomic E-state index is 0.0655. The number of amides is 1. The Bertz CT molecular complexity index is 977. The van der Waals surface area contributed by atoms with Gasteiger partial charge in [0.05, 0.1) is 11.4 Å². The highest BCUT2D eigenvalue weighted by Crippen LogP contribution is 2.28. The maximum Gasteiger partial charge on any atom is 0.234 e. The van der Waals surface area contributed by atoms with E-state index in [-0.39, 0.29) is 23.3 Å². The van der Waals surface area contributed by atoms with E-state index in [1.165, 1.54) is 36.1 Å². The molecule has 138 valence electrons. The molecule has 1 heterocycles. The molecule has 6 nitrogen and oxygen atoms in total. The fraction of sp³-hybridized carbons (Fsp3) is 0.111. The minimum atomic E-state index is -0.380. The molecule has 0 spiro atoms. The molecule has 27 heavy (non-hydrogen) atoms. The molecule has 0 radical (unpaired) electrons. The minimum Gasteiger partial charge on any atom is -0.328 e. The van der Waals surface area contributed by atoms with Crippen LogP contribution in [-0.4, -0.2) is 27.6 Å². The van der Waals surface area contributed by atoms with E-state index in [9.17, 15) is 14.0 Å². The van der Waals surface area contributed by atoms with Crippen LogP contribution in [0.4, 0.5) is 20.9 Å². The molecular weight excluding hydrogens is 387 g/mol. The summed E-state index contributed by atoms with van der Waals surface area (Å²) in [6, 6.07) is 13.0. The van der Waals surface area contributed by atoms with E-state index in [0.717, 1.165) is 0 Å². The number of benzene rings is 2. The van der Waals surface area contributed by atoms with Crippen LogP contribution in [0.5, 0.6) is 0 Å². The third-order valence-electron chi connectivity index (χ3n) is 3.40. The molecule has 0 unspecified atom stereocenters. The second kappa shape index (κ2) is 8.74. The molecule has 0 aliphatic rings. The number of hydrogen-bond acceptors (Lipinski definition) is 7. The van der Waals surface area contributed by atoms with E-state index >= 15 is 0 Å². The van der Waals surface area contributed by atoms with Crippen molar-refractivity contribution in [2.75, 3.05) is 16.4 Å². The Hall–Kier alpha value is -2.78. The van der Waals surface area contributed by atoms with Crippen molar-refractivity contribution >= 4 is 51.3 Å². The lowest BCUT2D eigenvalue weighted by atomic mass is 10.1. The monoisotopic (exact) mass is 402 g/mol. The van der Waals surface area contributed by atoms with Crippen LogP contribution < -0.4 is 10.6 Å². The van der Waals surface area contributed by atoms with Crippen molar-refractivity contribution in [3.05, 3.63) is 59.9 Å². The van der Waals surface area contributed by atoms with Gasteiger partial charge in [0.15, 0.2) is 10.1 Å². The highest BCUT2D eigenvalue weighted by molar-refractivity contribution is 8.01. The van der Waals surface area contributed by atoms with Crippen LogP contribution in [0.25, 0.3) is 0 Å². The molecule has 0 saturated heterocycles. The molecule has 3 rings (SSSR count). The highest BCUT2D eigenvalue weighted by Gasteiger charge is 2.10. The molecule has 0 fully saturated rings. The van der Waals surface area contributed by atoms with Crippen molar-refractivity contribution in [2.45, 2.75) is 11.3 Å². The third kappa shape index (κ3) is 5.35. The molecule has 0 aliphatic carbocycles. The molecule has 0 saturated carbocycles. The summed E-state index contributed by atoms with van der Waals surface area (Å²) in [6.45, 7) is 1.47. The summed E-state index contributed by atoms with van der Waals surface area (Å²) in [5.41, 5.74) is 1.41. The molecule has 1 amide bonds. The van der Waals surface area contributed by atoms with Gasteiger partial charge in [0.2, 0.25) is 11.0 Å². The Kier molecular flexibility index (Phi) is 6.15. The van der Waals surface area contributed by atoms with Crippen LogP contribution in [0.1, 0.15) is 17.3 Å². The van der Waals surface area contributed by atoms with Gasteiger partial charge in [-0.2, -0.15) is 0 Å². The second-order valence-electron chi connectivity index (χ2n) is 5.45. The molecule has 0 atom stereocenters. The molecule has 9 heteroatoms. The smallest absolute Gasteiger partial charge is 0.234 e. The predicted octanol–water partition coefficient (Wildman–Crippen LogP) is 4.35. The molecule has 0 aliphatic heterocycles. The number of halogens is 1. The van der Waals surface area contributed by atoms with E-state index in [0.29, 0.717) is 26.4 Å². The number of para-hydroxylation sites is 1. The zero-order chi connectivity index (χ0) is 19.2. The molecule has 0 bridgehead atoms. The summed E-state index contributed by atoms with van der Waals surface area (Å²) in [7, 11) is 0. The lowest BCUT2D eigenvalue weighted by Gasteiger charge is -2.05. The average Bonchev–Trinajstić information content (AvgIpc) is 3.10. The number of aromatic nitrogens is 2. The van der Waals surface area contributed by atoms with Crippen molar-refractivity contribution in [1.29, 1.82) is 0 Å². The zero-order valence-electron chi connectivity index (χ0n) is 14.2. The Morgan fingerprint density at radius 3 is 2.74 bits per heavy atom. The van der Waals surface area contributed by atoms with Gasteiger partial charge in [-0.15, -0.1) is 10.2 Å². The normalized spacial score (nSPS) is 10.4. The number of anilines is 3. The Labute approximate surface area is 163 Å². The number of nitrogens with one attached hydrogen (secondary N) is 2. The Morgan fingerprint density at radius 1 is 1.15 bits per heavy atom. The number of nitrogens with zero attached hydrogens (tertiary/aromatic N) is 2. The van der Waals surface area contributed by atoms with Crippen molar-refractivity contribution in [3.63, 3.8) is 0 Å². The lowest BCUT2D eigenvalue weighted by Crippen LogP contribution is -2.14. The van der Waals surface area contributed by atoms with Crippen LogP contribution in [0, 0.1) is 5.82 Å². The summed E-state index contributed by atoms with van der Waals surface area (Å²) in [5, 5.41) is 14.0. The molecular formula is C18H15FN4O2S2. The highest BCUT2D eigenvalue weighted by atomic mass is 32.2. The first-order valence-electron chi connectivity index (χ1n) is 7.90. The van der Waals surface area contributed by atoms with Gasteiger partial charge in [-0.25, -0.2) is 4.39 Å². The predicted molar refractivity (Wildman–Crippen MR) is 105 cm³/mol. The maximum atomic E-state index is 13.6. The number of rotatable bonds is 7. The van der Waals surface area contributed by atoms with Crippen molar-refractivity contribution < 1.29 is 14.0 Å². The largest absolute Gasteiger partial charge is 0.328 e. The number of Topliss-reactive ketones (excluding diaryl/α,β-unsaturated/α-hetero) is 1. The van der Waals surface area contributed by atoms with Gasteiger partial charge in [-0.05, 0) is 31.2 Å². The van der Waals surface area contributed by atoms with Gasteiger partial charge in [-0.1, -0.05) is 47.4 Å². The topological polar surface area (TPSA) is 84.0 Å². The van der Waals surface area contributed by atoms with E-state index in [1.54, 1.807) is 42.5 Å². The van der Waals surface area contributed by atoms with Gasteiger partial charge in [0.1, 0.15) is 5.82 Å². The van der Waals surface area contributed by atoms with Crippen molar-refractivity contribution in [3.8, 4) is 0 Å². The fourth-order valence-electron chi connectivity index (χ4n) is 2.14.